The van der Waals surface area contributed by atoms with Crippen LogP contribution in [0.5, 0.6) is 5.75 Å². The summed E-state index contributed by atoms with van der Waals surface area (Å²) in [5, 5.41) is 12.6. The number of imide groups is 2. The van der Waals surface area contributed by atoms with Crippen LogP contribution in [-0.4, -0.2) is 43.4 Å². The zero-order valence-electron chi connectivity index (χ0n) is 23.4. The number of rotatable bonds is 4. The lowest BCUT2D eigenvalue weighted by molar-refractivity contribution is -0.141. The van der Waals surface area contributed by atoms with E-state index in [4.69, 9.17) is 23.2 Å². The van der Waals surface area contributed by atoms with Gasteiger partial charge in [0, 0.05) is 16.4 Å². The van der Waals surface area contributed by atoms with E-state index in [-0.39, 0.29) is 23.4 Å². The molecule has 0 bridgehead atoms. The summed E-state index contributed by atoms with van der Waals surface area (Å²) in [7, 11) is 0. The van der Waals surface area contributed by atoms with Gasteiger partial charge in [-0.15, -0.1) is 34.5 Å². The van der Waals surface area contributed by atoms with Gasteiger partial charge in [0.1, 0.15) is 5.69 Å². The Morgan fingerprint density at radius 1 is 0.851 bits per heavy atom. The predicted molar refractivity (Wildman–Crippen MR) is 154 cm³/mol. The third-order valence-electron chi connectivity index (χ3n) is 9.54. The summed E-state index contributed by atoms with van der Waals surface area (Å²) in [6.07, 6.45) is 0.667. The molecule has 4 amide bonds. The van der Waals surface area contributed by atoms with E-state index in [1.807, 2.05) is 0 Å². The van der Waals surface area contributed by atoms with Crippen LogP contribution in [0.4, 0.5) is 32.0 Å². The largest absolute Gasteiger partial charge is 0.505 e. The number of halogens is 8. The predicted octanol–water partition coefficient (Wildman–Crippen LogP) is 6.05. The quantitative estimate of drug-likeness (QED) is 0.0887. The molecule has 0 radical (unpaired) electrons. The molecule has 3 heterocycles. The molecule has 2 saturated heterocycles. The summed E-state index contributed by atoms with van der Waals surface area (Å²) in [6, 6.07) is 6.58. The third-order valence-corrected chi connectivity index (χ3v) is 11.8. The Labute approximate surface area is 275 Å². The summed E-state index contributed by atoms with van der Waals surface area (Å²) < 4.78 is 87.5. The Morgan fingerprint density at radius 3 is 2.15 bits per heavy atom. The topological polar surface area (TPSA) is 95.0 Å². The molecule has 0 unspecified atom stereocenters. The smallest absolute Gasteiger partial charge is 0.258 e. The summed E-state index contributed by atoms with van der Waals surface area (Å²) in [5.74, 6) is -24.4. The van der Waals surface area contributed by atoms with E-state index in [0.717, 1.165) is 23.1 Å². The summed E-state index contributed by atoms with van der Waals surface area (Å²) >= 11 is 15.2. The summed E-state index contributed by atoms with van der Waals surface area (Å²) in [5.41, 5.74) is -2.25. The Bertz CT molecular complexity index is 1950. The fourth-order valence-electron chi connectivity index (χ4n) is 7.46. The maximum absolute atomic E-state index is 15.1. The van der Waals surface area contributed by atoms with Gasteiger partial charge in [0.05, 0.1) is 18.4 Å². The van der Waals surface area contributed by atoms with Gasteiger partial charge >= 0.3 is 0 Å². The van der Waals surface area contributed by atoms with Crippen LogP contribution in [0, 0.1) is 52.7 Å². The average Bonchev–Trinajstić information content (AvgIpc) is 3.68. The number of phenolic OH excluding ortho intramolecular Hbond substituents is 1. The lowest BCUT2D eigenvalue weighted by Crippen LogP contribution is -2.60. The van der Waals surface area contributed by atoms with E-state index in [0.29, 0.717) is 4.88 Å². The maximum atomic E-state index is 15.1. The standard InChI is InChI=1S/C31H18Cl2F6N2O5S/c32-30-9-15-12(6-7-13-17(15)27(44)40(26(13)43)10-11-3-2-8-47-11)18(14-4-1-5-16(34)25(14)42)31(30,33)29(46)41(28(30)45)24-22(38)20(36)19(35)21(37)23(24)39/h1-6,8,13,15,17-18,42H,7,9-10H2/t13-,15+,17-,18+,30+,31-/m0/s1. The number of fused-ring (bicyclic) bond motifs is 4. The Hall–Kier alpha value is -3.88. The minimum atomic E-state index is -2.87. The van der Waals surface area contributed by atoms with Gasteiger partial charge in [0.15, 0.2) is 44.6 Å². The second-order valence-electron chi connectivity index (χ2n) is 11.7. The second-order valence-corrected chi connectivity index (χ2v) is 14.0. The molecule has 1 saturated carbocycles. The van der Waals surface area contributed by atoms with Crippen LogP contribution in [0.2, 0.25) is 0 Å². The van der Waals surface area contributed by atoms with Gasteiger partial charge in [-0.05, 0) is 36.3 Å². The van der Waals surface area contributed by atoms with Gasteiger partial charge < -0.3 is 5.11 Å². The van der Waals surface area contributed by atoms with Crippen LogP contribution in [-0.2, 0) is 25.7 Å². The number of allylic oxidation sites excluding steroid dienone is 2. The van der Waals surface area contributed by atoms with Crippen LogP contribution < -0.4 is 4.90 Å². The number of hydrogen-bond acceptors (Lipinski definition) is 6. The molecule has 2 aliphatic carbocycles. The number of amides is 4. The number of hydrogen-bond donors (Lipinski definition) is 1. The van der Waals surface area contributed by atoms with Gasteiger partial charge in [0.25, 0.3) is 11.8 Å². The van der Waals surface area contributed by atoms with E-state index < -0.39 is 115 Å². The molecule has 1 aromatic heterocycles. The number of aromatic hydroxyl groups is 1. The molecular weight excluding hydrogens is 697 g/mol. The van der Waals surface area contributed by atoms with E-state index in [9.17, 15) is 41.8 Å². The molecule has 0 spiro atoms. The molecule has 16 heteroatoms. The van der Waals surface area contributed by atoms with Crippen molar-refractivity contribution in [3.63, 3.8) is 0 Å². The minimum absolute atomic E-state index is 0.0601. The molecule has 2 aromatic carbocycles. The molecule has 47 heavy (non-hydrogen) atoms. The molecule has 244 valence electrons. The fraction of sp³-hybridized carbons (Fsp3) is 0.290. The molecule has 6 atom stereocenters. The number of benzene rings is 2. The van der Waals surface area contributed by atoms with Crippen molar-refractivity contribution < 1.29 is 50.6 Å². The lowest BCUT2D eigenvalue weighted by atomic mass is 9.56. The monoisotopic (exact) mass is 714 g/mol. The Kier molecular flexibility index (Phi) is 7.12. The molecule has 2 aliphatic heterocycles. The van der Waals surface area contributed by atoms with Crippen LogP contribution in [0.1, 0.15) is 29.2 Å². The SMILES string of the molecule is O=C1[C@H]2[C@H](CC=C3[C@H]2C[C@@]2(Cl)C(=O)N(c4c(F)c(F)c(F)c(F)c4F)C(=O)[C@@]2(Cl)[C@H]3c2cccc(F)c2O)C(=O)N1Cc1cccs1. The highest BCUT2D eigenvalue weighted by molar-refractivity contribution is 7.09. The van der Waals surface area contributed by atoms with E-state index in [1.54, 1.807) is 17.5 Å². The zero-order chi connectivity index (χ0) is 33.9. The van der Waals surface area contributed by atoms with Gasteiger partial charge in [-0.2, -0.15) is 0 Å². The maximum Gasteiger partial charge on any atom is 0.258 e. The first-order chi connectivity index (χ1) is 22.2. The Balaban J connectivity index is 1.43. The number of phenols is 1. The number of carbonyl (C=O) groups is 4. The van der Waals surface area contributed by atoms with Crippen molar-refractivity contribution >= 4 is 63.9 Å². The molecular formula is C31H18Cl2F6N2O5S. The van der Waals surface area contributed by atoms with Crippen LogP contribution >= 0.6 is 34.5 Å². The first-order valence-corrected chi connectivity index (χ1v) is 15.6. The van der Waals surface area contributed by atoms with Crippen molar-refractivity contribution in [2.75, 3.05) is 4.90 Å². The van der Waals surface area contributed by atoms with Gasteiger partial charge in [-0.25, -0.2) is 31.2 Å². The van der Waals surface area contributed by atoms with Crippen molar-refractivity contribution in [1.29, 1.82) is 0 Å². The van der Waals surface area contributed by atoms with Crippen molar-refractivity contribution in [2.45, 2.75) is 35.1 Å². The van der Waals surface area contributed by atoms with Gasteiger partial charge in [-0.1, -0.05) is 29.8 Å². The number of likely N-dealkylation sites (tertiary alicyclic amines) is 1. The van der Waals surface area contributed by atoms with Gasteiger partial charge in [-0.3, -0.25) is 24.1 Å². The molecule has 4 aliphatic rings. The van der Waals surface area contributed by atoms with Crippen molar-refractivity contribution in [2.24, 2.45) is 17.8 Å². The number of para-hydroxylation sites is 1. The summed E-state index contributed by atoms with van der Waals surface area (Å²) in [4.78, 5) is 51.5. The number of alkyl halides is 2. The van der Waals surface area contributed by atoms with Crippen LogP contribution in [0.15, 0.2) is 47.4 Å². The van der Waals surface area contributed by atoms with Crippen molar-refractivity contribution in [1.82, 2.24) is 4.90 Å². The zero-order valence-corrected chi connectivity index (χ0v) is 25.7. The van der Waals surface area contributed by atoms with E-state index in [1.165, 1.54) is 17.4 Å². The third kappa shape index (κ3) is 4.00. The molecule has 1 N–H and O–H groups in total. The highest BCUT2D eigenvalue weighted by Gasteiger charge is 2.77. The highest BCUT2D eigenvalue weighted by atomic mass is 35.5. The molecule has 7 nitrogen and oxygen atoms in total. The summed E-state index contributed by atoms with van der Waals surface area (Å²) in [6.45, 7) is -0.0601. The first-order valence-electron chi connectivity index (χ1n) is 14.0. The number of thiophene rings is 1. The minimum Gasteiger partial charge on any atom is -0.505 e. The van der Waals surface area contributed by atoms with Gasteiger partial charge in [0.2, 0.25) is 17.6 Å². The van der Waals surface area contributed by atoms with E-state index >= 15 is 8.78 Å². The van der Waals surface area contributed by atoms with Crippen molar-refractivity contribution in [3.8, 4) is 5.75 Å². The number of nitrogens with zero attached hydrogens (tertiary/aromatic N) is 2. The first kappa shape index (κ1) is 31.7. The molecule has 3 aromatic rings. The number of anilines is 1. The van der Waals surface area contributed by atoms with Crippen LogP contribution in [0.25, 0.3) is 0 Å². The molecule has 3 fully saturated rings. The highest BCUT2D eigenvalue weighted by Crippen LogP contribution is 2.66. The number of carbonyl (C=O) groups excluding carboxylic acids is 4. The lowest BCUT2D eigenvalue weighted by Gasteiger charge is -2.50. The van der Waals surface area contributed by atoms with Crippen molar-refractivity contribution in [3.05, 3.63) is 92.7 Å². The Morgan fingerprint density at radius 2 is 1.51 bits per heavy atom. The molecule has 7 rings (SSSR count). The normalized spacial score (nSPS) is 30.1. The average molecular weight is 715 g/mol. The van der Waals surface area contributed by atoms with Crippen LogP contribution in [0.3, 0.4) is 0 Å². The van der Waals surface area contributed by atoms with E-state index in [2.05, 4.69) is 0 Å². The second kappa shape index (κ2) is 10.6. The fourth-order valence-corrected chi connectivity index (χ4v) is 9.08.